The molecular weight excluding hydrogens is 326 g/mol. The third-order valence-corrected chi connectivity index (χ3v) is 5.91. The minimum absolute atomic E-state index is 0.256. The molecule has 2 aromatic carbocycles. The number of fused-ring (bicyclic) bond motifs is 1. The average Bonchev–Trinajstić information content (AvgIpc) is 2.92. The molecule has 0 atom stereocenters. The number of benzene rings is 2. The van der Waals surface area contributed by atoms with Gasteiger partial charge in [-0.3, -0.25) is 4.31 Å². The van der Waals surface area contributed by atoms with E-state index in [0.29, 0.717) is 17.0 Å². The second-order valence-corrected chi connectivity index (χ2v) is 7.57. The number of ether oxygens (including phenoxy) is 1. The van der Waals surface area contributed by atoms with E-state index in [1.165, 1.54) is 4.31 Å². The zero-order valence-corrected chi connectivity index (χ0v) is 14.8. The summed E-state index contributed by atoms with van der Waals surface area (Å²) in [6, 6.07) is 10.3. The third-order valence-electron chi connectivity index (χ3n) is 3.97. The van der Waals surface area contributed by atoms with Gasteiger partial charge in [-0.25, -0.2) is 13.4 Å². The number of sulfonamides is 1. The molecule has 7 heteroatoms. The van der Waals surface area contributed by atoms with Crippen molar-refractivity contribution < 1.29 is 13.2 Å². The van der Waals surface area contributed by atoms with Crippen molar-refractivity contribution in [2.24, 2.45) is 0 Å². The van der Waals surface area contributed by atoms with Crippen LogP contribution in [0, 0.1) is 13.8 Å². The topological polar surface area (TPSA) is 75.3 Å². The maximum absolute atomic E-state index is 13.0. The average molecular weight is 345 g/mol. The van der Waals surface area contributed by atoms with Crippen LogP contribution >= 0.6 is 0 Å². The van der Waals surface area contributed by atoms with Gasteiger partial charge in [-0.1, -0.05) is 0 Å². The first kappa shape index (κ1) is 16.3. The molecule has 3 aromatic rings. The van der Waals surface area contributed by atoms with Crippen LogP contribution in [0.3, 0.4) is 0 Å². The highest BCUT2D eigenvalue weighted by atomic mass is 32.2. The standard InChI is InChI=1S/C17H19N3O3S/c1-11-9-14(23-4)6-8-17(11)24(21,22)20(3)13-5-7-15-16(10-13)19-12(2)18-15/h5-10H,1-4H3,(H,18,19). The molecule has 24 heavy (non-hydrogen) atoms. The molecule has 0 aliphatic carbocycles. The van der Waals surface area contributed by atoms with Crippen LogP contribution in [0.15, 0.2) is 41.3 Å². The van der Waals surface area contributed by atoms with Crippen molar-refractivity contribution in [1.29, 1.82) is 0 Å². The van der Waals surface area contributed by atoms with Crippen LogP contribution in [-0.2, 0) is 10.0 Å². The maximum atomic E-state index is 13.0. The highest BCUT2D eigenvalue weighted by Gasteiger charge is 2.24. The first-order chi connectivity index (χ1) is 11.3. The fourth-order valence-corrected chi connectivity index (χ4v) is 4.04. The number of imidazole rings is 1. The van der Waals surface area contributed by atoms with Crippen molar-refractivity contribution in [3.05, 3.63) is 47.8 Å². The lowest BCUT2D eigenvalue weighted by molar-refractivity contribution is 0.414. The number of aryl methyl sites for hydroxylation is 2. The first-order valence-corrected chi connectivity index (χ1v) is 8.87. The summed E-state index contributed by atoms with van der Waals surface area (Å²) in [5, 5.41) is 0. The Morgan fingerprint density at radius 2 is 1.88 bits per heavy atom. The molecule has 0 unspecified atom stereocenters. The molecule has 1 heterocycles. The lowest BCUT2D eigenvalue weighted by atomic mass is 10.2. The van der Waals surface area contributed by atoms with Crippen molar-refractivity contribution in [3.63, 3.8) is 0 Å². The second kappa shape index (κ2) is 5.83. The number of hydrogen-bond acceptors (Lipinski definition) is 4. The lowest BCUT2D eigenvalue weighted by Gasteiger charge is -2.21. The Labute approximate surface area is 141 Å². The van der Waals surface area contributed by atoms with Gasteiger partial charge >= 0.3 is 0 Å². The van der Waals surface area contributed by atoms with E-state index < -0.39 is 10.0 Å². The molecule has 0 saturated heterocycles. The van der Waals surface area contributed by atoms with Crippen molar-refractivity contribution in [2.45, 2.75) is 18.7 Å². The Morgan fingerprint density at radius 3 is 2.54 bits per heavy atom. The number of nitrogens with zero attached hydrogens (tertiary/aromatic N) is 2. The number of methoxy groups -OCH3 is 1. The number of hydrogen-bond donors (Lipinski definition) is 1. The summed E-state index contributed by atoms with van der Waals surface area (Å²) in [5.74, 6) is 1.42. The van der Waals surface area contributed by atoms with Crippen LogP contribution < -0.4 is 9.04 Å². The van der Waals surface area contributed by atoms with Gasteiger partial charge in [0.1, 0.15) is 11.6 Å². The summed E-state index contributed by atoms with van der Waals surface area (Å²) in [4.78, 5) is 7.71. The van der Waals surface area contributed by atoms with Gasteiger partial charge in [-0.05, 0) is 55.8 Å². The smallest absolute Gasteiger partial charge is 0.264 e. The van der Waals surface area contributed by atoms with Crippen LogP contribution in [0.2, 0.25) is 0 Å². The summed E-state index contributed by atoms with van der Waals surface area (Å²) in [5.41, 5.74) is 2.82. The predicted molar refractivity (Wildman–Crippen MR) is 94.2 cm³/mol. The van der Waals surface area contributed by atoms with E-state index in [1.54, 1.807) is 57.5 Å². The monoisotopic (exact) mass is 345 g/mol. The molecule has 0 amide bonds. The maximum Gasteiger partial charge on any atom is 0.264 e. The zero-order valence-electron chi connectivity index (χ0n) is 14.0. The van der Waals surface area contributed by atoms with E-state index in [-0.39, 0.29) is 4.90 Å². The Morgan fingerprint density at radius 1 is 1.12 bits per heavy atom. The Hall–Kier alpha value is -2.54. The van der Waals surface area contributed by atoms with Crippen molar-refractivity contribution >= 4 is 26.7 Å². The van der Waals surface area contributed by atoms with Crippen LogP contribution in [0.25, 0.3) is 11.0 Å². The van der Waals surface area contributed by atoms with E-state index >= 15 is 0 Å². The molecule has 126 valence electrons. The largest absolute Gasteiger partial charge is 0.497 e. The molecule has 6 nitrogen and oxygen atoms in total. The number of aromatic amines is 1. The van der Waals surface area contributed by atoms with Crippen molar-refractivity contribution in [2.75, 3.05) is 18.5 Å². The Kier molecular flexibility index (Phi) is 3.96. The van der Waals surface area contributed by atoms with Gasteiger partial charge in [-0.2, -0.15) is 0 Å². The van der Waals surface area contributed by atoms with Gasteiger partial charge in [0, 0.05) is 7.05 Å². The normalized spacial score (nSPS) is 11.7. The summed E-state index contributed by atoms with van der Waals surface area (Å²) in [6.45, 7) is 3.62. The molecule has 0 bridgehead atoms. The van der Waals surface area contributed by atoms with Gasteiger partial charge in [0.2, 0.25) is 0 Å². The molecule has 3 rings (SSSR count). The molecule has 0 fully saturated rings. The summed E-state index contributed by atoms with van der Waals surface area (Å²) in [6.07, 6.45) is 0. The molecule has 0 radical (unpaired) electrons. The van der Waals surface area contributed by atoms with Gasteiger partial charge < -0.3 is 9.72 Å². The fourth-order valence-electron chi connectivity index (χ4n) is 2.65. The second-order valence-electron chi connectivity index (χ2n) is 5.63. The molecule has 0 aliphatic rings. The molecule has 0 saturated carbocycles. The molecule has 1 aromatic heterocycles. The summed E-state index contributed by atoms with van der Waals surface area (Å²) < 4.78 is 32.3. The predicted octanol–water partition coefficient (Wildman–Crippen LogP) is 3.01. The highest BCUT2D eigenvalue weighted by Crippen LogP contribution is 2.28. The molecule has 0 spiro atoms. The third kappa shape index (κ3) is 2.71. The highest BCUT2D eigenvalue weighted by molar-refractivity contribution is 7.92. The molecule has 1 N–H and O–H groups in total. The van der Waals surface area contributed by atoms with Crippen LogP contribution in [-0.4, -0.2) is 32.5 Å². The lowest BCUT2D eigenvalue weighted by Crippen LogP contribution is -2.27. The number of H-pyrrole nitrogens is 1. The van der Waals surface area contributed by atoms with Gasteiger partial charge in [0.25, 0.3) is 10.0 Å². The molecule has 0 aliphatic heterocycles. The zero-order chi connectivity index (χ0) is 17.5. The van der Waals surface area contributed by atoms with Gasteiger partial charge in [0.05, 0.1) is 28.7 Å². The Bertz CT molecular complexity index is 1010. The van der Waals surface area contributed by atoms with E-state index in [4.69, 9.17) is 4.74 Å². The fraction of sp³-hybridized carbons (Fsp3) is 0.235. The van der Waals surface area contributed by atoms with E-state index in [9.17, 15) is 8.42 Å². The van der Waals surface area contributed by atoms with Crippen molar-refractivity contribution in [3.8, 4) is 5.75 Å². The number of aromatic nitrogens is 2. The van der Waals surface area contributed by atoms with E-state index in [2.05, 4.69) is 9.97 Å². The van der Waals surface area contributed by atoms with E-state index in [0.717, 1.165) is 16.9 Å². The van der Waals surface area contributed by atoms with Crippen LogP contribution in [0.4, 0.5) is 5.69 Å². The summed E-state index contributed by atoms with van der Waals surface area (Å²) in [7, 11) is -0.569. The number of rotatable bonds is 4. The van der Waals surface area contributed by atoms with Crippen LogP contribution in [0.5, 0.6) is 5.75 Å². The van der Waals surface area contributed by atoms with E-state index in [1.807, 2.05) is 6.92 Å². The number of anilines is 1. The first-order valence-electron chi connectivity index (χ1n) is 7.43. The number of nitrogens with one attached hydrogen (secondary N) is 1. The SMILES string of the molecule is COc1ccc(S(=O)(=O)N(C)c2ccc3nc(C)[nH]c3c2)c(C)c1. The van der Waals surface area contributed by atoms with Crippen molar-refractivity contribution in [1.82, 2.24) is 9.97 Å². The van der Waals surface area contributed by atoms with Crippen LogP contribution in [0.1, 0.15) is 11.4 Å². The quantitative estimate of drug-likeness (QED) is 0.789. The summed E-state index contributed by atoms with van der Waals surface area (Å²) >= 11 is 0. The minimum Gasteiger partial charge on any atom is -0.497 e. The Balaban J connectivity index is 2.04. The minimum atomic E-state index is -3.67. The van der Waals surface area contributed by atoms with Gasteiger partial charge in [0.15, 0.2) is 0 Å². The van der Waals surface area contributed by atoms with Gasteiger partial charge in [-0.15, -0.1) is 0 Å². The molecular formula is C17H19N3O3S.